The molecule has 0 radical (unpaired) electrons. The molecule has 4 aromatic carbocycles. The predicted molar refractivity (Wildman–Crippen MR) is 156 cm³/mol. The Labute approximate surface area is 249 Å². The van der Waals surface area contributed by atoms with Crippen LogP contribution in [-0.4, -0.2) is 27.0 Å². The third-order valence-corrected chi connectivity index (χ3v) is 6.92. The molecule has 0 aliphatic carbocycles. The lowest BCUT2D eigenvalue weighted by molar-refractivity contribution is -0.137. The van der Waals surface area contributed by atoms with Crippen LogP contribution in [0.25, 0.3) is 22.3 Å². The number of hydrogen-bond acceptors (Lipinski definition) is 5. The maximum atomic E-state index is 13.5. The molecule has 1 N–H and O–H groups in total. The van der Waals surface area contributed by atoms with E-state index in [-0.39, 0.29) is 34.7 Å². The highest BCUT2D eigenvalue weighted by Crippen LogP contribution is 2.34. The second-order valence-corrected chi connectivity index (χ2v) is 10.3. The van der Waals surface area contributed by atoms with E-state index >= 15 is 0 Å². The molecule has 0 fully saturated rings. The summed E-state index contributed by atoms with van der Waals surface area (Å²) in [6, 6.07) is 20.2. The fourth-order valence-electron chi connectivity index (χ4n) is 4.15. The van der Waals surface area contributed by atoms with E-state index < -0.39 is 23.3 Å². The molecule has 0 amide bonds. The van der Waals surface area contributed by atoms with E-state index in [2.05, 4.69) is 26.0 Å². The van der Waals surface area contributed by atoms with Gasteiger partial charge in [-0.1, -0.05) is 48.0 Å². The van der Waals surface area contributed by atoms with Gasteiger partial charge < -0.3 is 9.84 Å². The maximum absolute atomic E-state index is 13.5. The highest BCUT2D eigenvalue weighted by molar-refractivity contribution is 9.10. The van der Waals surface area contributed by atoms with Crippen molar-refractivity contribution < 1.29 is 27.8 Å². The fraction of sp³-hybridized carbons (Fsp3) is 0.0667. The summed E-state index contributed by atoms with van der Waals surface area (Å²) < 4.78 is 47.8. The molecule has 0 aliphatic heterocycles. The fourth-order valence-corrected chi connectivity index (χ4v) is 5.10. The Morgan fingerprint density at radius 2 is 1.81 bits per heavy atom. The number of nitrogens with zero attached hydrogens (tertiary/aromatic N) is 3. The van der Waals surface area contributed by atoms with Crippen molar-refractivity contribution in [3.05, 3.63) is 127 Å². The molecule has 0 spiro atoms. The van der Waals surface area contributed by atoms with Crippen molar-refractivity contribution in [2.75, 3.05) is 0 Å². The summed E-state index contributed by atoms with van der Waals surface area (Å²) >= 11 is 9.68. The van der Waals surface area contributed by atoms with Gasteiger partial charge in [0.2, 0.25) is 0 Å². The van der Waals surface area contributed by atoms with Gasteiger partial charge in [0.1, 0.15) is 12.4 Å². The van der Waals surface area contributed by atoms with Crippen molar-refractivity contribution in [1.82, 2.24) is 9.66 Å². The normalized spacial score (nSPS) is 11.7. The first-order valence-electron chi connectivity index (χ1n) is 12.2. The van der Waals surface area contributed by atoms with Gasteiger partial charge >= 0.3 is 12.1 Å². The number of para-hydroxylation sites is 1. The Morgan fingerprint density at radius 1 is 1.05 bits per heavy atom. The average Bonchev–Trinajstić information content (AvgIpc) is 2.96. The molecular weight excluding hydrogens is 639 g/mol. The van der Waals surface area contributed by atoms with Crippen molar-refractivity contribution in [3.8, 4) is 17.1 Å². The molecule has 5 rings (SSSR count). The van der Waals surface area contributed by atoms with E-state index in [1.54, 1.807) is 42.5 Å². The zero-order valence-corrected chi connectivity index (χ0v) is 23.6. The largest absolute Gasteiger partial charge is 0.487 e. The number of benzene rings is 4. The third-order valence-electron chi connectivity index (χ3n) is 6.11. The quantitative estimate of drug-likeness (QED) is 0.182. The van der Waals surface area contributed by atoms with Crippen LogP contribution in [0.15, 0.2) is 99.3 Å². The summed E-state index contributed by atoms with van der Waals surface area (Å²) in [6.07, 6.45) is -3.32. The Morgan fingerprint density at radius 3 is 2.57 bits per heavy atom. The lowest BCUT2D eigenvalue weighted by Gasteiger charge is -2.14. The van der Waals surface area contributed by atoms with Crippen LogP contribution in [0.5, 0.6) is 5.75 Å². The second-order valence-electron chi connectivity index (χ2n) is 8.99. The molecule has 42 heavy (non-hydrogen) atoms. The number of fused-ring (bicyclic) bond motifs is 1. The molecule has 12 heteroatoms. The van der Waals surface area contributed by atoms with Crippen LogP contribution < -0.4 is 10.3 Å². The summed E-state index contributed by atoms with van der Waals surface area (Å²) in [5.74, 6) is -0.898. The number of alkyl halides is 3. The number of hydrogen-bond donors (Lipinski definition) is 1. The minimum Gasteiger partial charge on any atom is -0.487 e. The lowest BCUT2D eigenvalue weighted by atomic mass is 10.1. The molecule has 5 aromatic rings. The van der Waals surface area contributed by atoms with Crippen molar-refractivity contribution in [2.24, 2.45) is 5.10 Å². The van der Waals surface area contributed by atoms with Gasteiger partial charge in [-0.15, -0.1) is 0 Å². The zero-order chi connectivity index (χ0) is 30.0. The first kappa shape index (κ1) is 29.0. The Balaban J connectivity index is 1.60. The highest BCUT2D eigenvalue weighted by Gasteiger charge is 2.31. The first-order valence-corrected chi connectivity index (χ1v) is 13.4. The lowest BCUT2D eigenvalue weighted by Crippen LogP contribution is -2.20. The van der Waals surface area contributed by atoms with E-state index in [4.69, 9.17) is 16.3 Å². The molecule has 1 heterocycles. The van der Waals surface area contributed by atoms with Crippen LogP contribution in [-0.2, 0) is 12.8 Å². The van der Waals surface area contributed by atoms with Gasteiger partial charge in [-0.05, 0) is 70.0 Å². The molecule has 7 nitrogen and oxygen atoms in total. The standard InChI is InChI=1S/C30H18BrClF3N3O4/c31-24-14-22(32)13-20(26(24)42-16-17-5-3-7-19(11-17)29(40)41)15-36-38-27(18-6-4-8-21(12-18)30(33,34)35)37-25-10-2-1-9-23(25)28(38)39/h1-15H,16H2,(H,40,41). The van der Waals surface area contributed by atoms with Crippen molar-refractivity contribution >= 4 is 50.6 Å². The topological polar surface area (TPSA) is 93.8 Å². The van der Waals surface area contributed by atoms with Gasteiger partial charge in [0.25, 0.3) is 5.56 Å². The van der Waals surface area contributed by atoms with Gasteiger partial charge in [-0.25, -0.2) is 9.78 Å². The van der Waals surface area contributed by atoms with E-state index in [1.165, 1.54) is 36.5 Å². The van der Waals surface area contributed by atoms with Crippen LogP contribution in [0, 0.1) is 0 Å². The zero-order valence-electron chi connectivity index (χ0n) is 21.3. The van der Waals surface area contributed by atoms with Crippen LogP contribution in [0.3, 0.4) is 0 Å². The third kappa shape index (κ3) is 6.22. The molecule has 1 aromatic heterocycles. The highest BCUT2D eigenvalue weighted by atomic mass is 79.9. The molecule has 0 bridgehead atoms. The van der Waals surface area contributed by atoms with E-state index in [0.29, 0.717) is 26.1 Å². The summed E-state index contributed by atoms with van der Waals surface area (Å²) in [5.41, 5.74) is -0.164. The number of aromatic nitrogens is 2. The van der Waals surface area contributed by atoms with Gasteiger partial charge in [-0.3, -0.25) is 4.79 Å². The monoisotopic (exact) mass is 655 g/mol. The molecule has 212 valence electrons. The van der Waals surface area contributed by atoms with E-state index in [1.807, 2.05) is 0 Å². The molecular formula is C30H18BrClF3N3O4. The number of carboxylic acids is 1. The number of carboxylic acid groups (broad SMARTS) is 1. The number of rotatable bonds is 7. The van der Waals surface area contributed by atoms with Gasteiger partial charge in [0.05, 0.1) is 32.7 Å². The first-order chi connectivity index (χ1) is 20.0. The van der Waals surface area contributed by atoms with Crippen molar-refractivity contribution in [2.45, 2.75) is 12.8 Å². The van der Waals surface area contributed by atoms with Gasteiger partial charge in [-0.2, -0.15) is 22.9 Å². The van der Waals surface area contributed by atoms with Crippen LogP contribution >= 0.6 is 27.5 Å². The Bertz CT molecular complexity index is 1930. The molecule has 0 unspecified atom stereocenters. The summed E-state index contributed by atoms with van der Waals surface area (Å²) in [6.45, 7) is -0.00481. The summed E-state index contributed by atoms with van der Waals surface area (Å²) in [4.78, 5) is 29.3. The molecule has 0 aliphatic rings. The van der Waals surface area contributed by atoms with E-state index in [9.17, 15) is 27.9 Å². The van der Waals surface area contributed by atoms with Crippen LogP contribution in [0.1, 0.15) is 27.0 Å². The van der Waals surface area contributed by atoms with Crippen LogP contribution in [0.2, 0.25) is 5.02 Å². The smallest absolute Gasteiger partial charge is 0.416 e. The summed E-state index contributed by atoms with van der Waals surface area (Å²) in [7, 11) is 0. The van der Waals surface area contributed by atoms with Crippen molar-refractivity contribution in [3.63, 3.8) is 0 Å². The van der Waals surface area contributed by atoms with Gasteiger partial charge in [0.15, 0.2) is 5.82 Å². The van der Waals surface area contributed by atoms with Crippen LogP contribution in [0.4, 0.5) is 13.2 Å². The molecule has 0 atom stereocenters. The van der Waals surface area contributed by atoms with Gasteiger partial charge in [0, 0.05) is 16.1 Å². The Hall–Kier alpha value is -4.48. The minimum absolute atomic E-state index is 0.00481. The number of halogens is 5. The van der Waals surface area contributed by atoms with E-state index in [0.717, 1.165) is 16.8 Å². The summed E-state index contributed by atoms with van der Waals surface area (Å²) in [5, 5.41) is 14.1. The maximum Gasteiger partial charge on any atom is 0.416 e. The number of ether oxygens (including phenoxy) is 1. The SMILES string of the molecule is O=C(O)c1cccc(COc2c(Br)cc(Cl)cc2C=Nn2c(-c3cccc(C(F)(F)F)c3)nc3ccccc3c2=O)c1. The molecule has 0 saturated carbocycles. The number of aromatic carboxylic acids is 1. The minimum atomic E-state index is -4.61. The number of carbonyl (C=O) groups is 1. The Kier molecular flexibility index (Phi) is 8.15. The molecule has 0 saturated heterocycles. The average molecular weight is 657 g/mol. The predicted octanol–water partition coefficient (Wildman–Crippen LogP) is 7.66. The van der Waals surface area contributed by atoms with Crippen molar-refractivity contribution in [1.29, 1.82) is 0 Å². The second kappa shape index (κ2) is 11.8.